The van der Waals surface area contributed by atoms with Gasteiger partial charge in [-0.3, -0.25) is 0 Å². The number of rotatable bonds is 8. The van der Waals surface area contributed by atoms with E-state index in [2.05, 4.69) is 35.8 Å². The second-order valence-electron chi connectivity index (χ2n) is 5.53. The van der Waals surface area contributed by atoms with E-state index in [1.807, 2.05) is 0 Å². The number of anilines is 1. The van der Waals surface area contributed by atoms with Gasteiger partial charge < -0.3 is 14.9 Å². The van der Waals surface area contributed by atoms with Gasteiger partial charge in [0.25, 0.3) is 0 Å². The molecule has 5 nitrogen and oxygen atoms in total. The minimum Gasteiger partial charge on any atom is -0.477 e. The Labute approximate surface area is 124 Å². The number of carbonyl (C=O) groups is 1. The lowest BCUT2D eigenvalue weighted by atomic mass is 10.2. The van der Waals surface area contributed by atoms with Crippen molar-refractivity contribution in [3.63, 3.8) is 0 Å². The topological polar surface area (TPSA) is 56.7 Å². The van der Waals surface area contributed by atoms with Crippen LogP contribution in [-0.4, -0.2) is 54.7 Å². The lowest BCUT2D eigenvalue weighted by Crippen LogP contribution is -2.26. The van der Waals surface area contributed by atoms with E-state index in [9.17, 15) is 9.90 Å². The Bertz CT molecular complexity index is 469. The molecule has 2 rings (SSSR count). The first-order valence-electron chi connectivity index (χ1n) is 7.16. The van der Waals surface area contributed by atoms with Crippen molar-refractivity contribution >= 4 is 22.4 Å². The molecular formula is C14H23N3O2S. The van der Waals surface area contributed by atoms with Gasteiger partial charge in [-0.2, -0.15) is 0 Å². The average Bonchev–Trinajstić information content (AvgIpc) is 3.13. The highest BCUT2D eigenvalue weighted by Gasteiger charge is 2.32. The molecule has 0 spiro atoms. The summed E-state index contributed by atoms with van der Waals surface area (Å²) in [6.45, 7) is 4.91. The maximum absolute atomic E-state index is 11.3. The van der Waals surface area contributed by atoms with Crippen molar-refractivity contribution in [3.05, 3.63) is 10.6 Å². The largest absolute Gasteiger partial charge is 0.477 e. The summed E-state index contributed by atoms with van der Waals surface area (Å²) in [5.74, 6) is -0.452. The zero-order valence-electron chi connectivity index (χ0n) is 12.4. The van der Waals surface area contributed by atoms with Gasteiger partial charge in [-0.25, -0.2) is 9.78 Å². The van der Waals surface area contributed by atoms with Crippen molar-refractivity contribution in [2.45, 2.75) is 32.1 Å². The monoisotopic (exact) mass is 297 g/mol. The molecule has 1 aromatic rings. The van der Waals surface area contributed by atoms with Gasteiger partial charge in [-0.1, -0.05) is 11.3 Å². The third-order valence-electron chi connectivity index (χ3n) is 3.49. The maximum Gasteiger partial charge on any atom is 0.347 e. The lowest BCUT2D eigenvalue weighted by molar-refractivity contribution is 0.0700. The van der Waals surface area contributed by atoms with Gasteiger partial charge in [0.15, 0.2) is 5.13 Å². The van der Waals surface area contributed by atoms with Gasteiger partial charge >= 0.3 is 5.97 Å². The number of carboxylic acid groups (broad SMARTS) is 1. The molecule has 1 aromatic heterocycles. The SMILES string of the molecule is CCN(CCCN(C)C)c1nc(C2CC2)c(C(=O)O)s1. The highest BCUT2D eigenvalue weighted by atomic mass is 32.1. The molecule has 0 unspecified atom stereocenters. The third kappa shape index (κ3) is 3.70. The number of hydrogen-bond acceptors (Lipinski definition) is 5. The molecule has 1 aliphatic carbocycles. The summed E-state index contributed by atoms with van der Waals surface area (Å²) in [7, 11) is 4.13. The second kappa shape index (κ2) is 6.54. The third-order valence-corrected chi connectivity index (χ3v) is 4.61. The van der Waals surface area contributed by atoms with Crippen LogP contribution in [0.5, 0.6) is 0 Å². The van der Waals surface area contributed by atoms with Crippen LogP contribution in [0.15, 0.2) is 0 Å². The Morgan fingerprint density at radius 3 is 2.60 bits per heavy atom. The van der Waals surface area contributed by atoms with Crippen LogP contribution < -0.4 is 4.90 Å². The predicted octanol–water partition coefficient (Wildman–Crippen LogP) is 2.50. The van der Waals surface area contributed by atoms with Crippen LogP contribution in [-0.2, 0) is 0 Å². The number of aromatic nitrogens is 1. The fraction of sp³-hybridized carbons (Fsp3) is 0.714. The van der Waals surface area contributed by atoms with Gasteiger partial charge in [0.2, 0.25) is 0 Å². The van der Waals surface area contributed by atoms with Gasteiger partial charge in [-0.05, 0) is 46.8 Å². The Hall–Kier alpha value is -1.14. The first-order chi connectivity index (χ1) is 9.52. The Balaban J connectivity index is 2.09. The van der Waals surface area contributed by atoms with E-state index in [-0.39, 0.29) is 0 Å². The summed E-state index contributed by atoms with van der Waals surface area (Å²) in [6.07, 6.45) is 3.22. The standard InChI is InChI=1S/C14H23N3O2S/c1-4-17(9-5-8-16(2)3)14-15-11(10-6-7-10)12(20-14)13(18)19/h10H,4-9H2,1-3H3,(H,18,19). The van der Waals surface area contributed by atoms with Gasteiger partial charge in [0, 0.05) is 19.0 Å². The summed E-state index contributed by atoms with van der Waals surface area (Å²) in [6, 6.07) is 0. The van der Waals surface area contributed by atoms with Crippen LogP contribution in [0.25, 0.3) is 0 Å². The van der Waals surface area contributed by atoms with E-state index in [0.29, 0.717) is 10.8 Å². The molecule has 6 heteroatoms. The van der Waals surface area contributed by atoms with Gasteiger partial charge in [0.1, 0.15) is 4.88 Å². The molecule has 0 aliphatic heterocycles. The van der Waals surface area contributed by atoms with Crippen LogP contribution in [0.4, 0.5) is 5.13 Å². The Morgan fingerprint density at radius 1 is 1.40 bits per heavy atom. The molecule has 0 radical (unpaired) electrons. The van der Waals surface area contributed by atoms with Gasteiger partial charge in [-0.15, -0.1) is 0 Å². The highest BCUT2D eigenvalue weighted by Crippen LogP contribution is 2.44. The predicted molar refractivity (Wildman–Crippen MR) is 82.1 cm³/mol. The van der Waals surface area contributed by atoms with E-state index < -0.39 is 5.97 Å². The van der Waals surface area contributed by atoms with Crippen LogP contribution in [0, 0.1) is 0 Å². The van der Waals surface area contributed by atoms with E-state index in [1.54, 1.807) is 0 Å². The molecule has 0 saturated heterocycles. The summed E-state index contributed by atoms with van der Waals surface area (Å²) >= 11 is 1.33. The fourth-order valence-corrected chi connectivity index (χ4v) is 3.29. The van der Waals surface area contributed by atoms with Gasteiger partial charge in [0.05, 0.1) is 5.69 Å². The van der Waals surface area contributed by atoms with Crippen molar-refractivity contribution < 1.29 is 9.90 Å². The van der Waals surface area contributed by atoms with Crippen LogP contribution in [0.1, 0.15) is 47.5 Å². The van der Waals surface area contributed by atoms with Crippen LogP contribution in [0.3, 0.4) is 0 Å². The first-order valence-corrected chi connectivity index (χ1v) is 7.98. The molecule has 1 aliphatic rings. The fourth-order valence-electron chi connectivity index (χ4n) is 2.21. The summed E-state index contributed by atoms with van der Waals surface area (Å²) in [5.41, 5.74) is 0.809. The molecule has 1 N–H and O–H groups in total. The maximum atomic E-state index is 11.3. The normalized spacial score (nSPS) is 14.8. The van der Waals surface area contributed by atoms with Crippen LogP contribution in [0.2, 0.25) is 0 Å². The summed E-state index contributed by atoms with van der Waals surface area (Å²) in [5, 5.41) is 10.2. The van der Waals surface area contributed by atoms with Crippen molar-refractivity contribution in [3.8, 4) is 0 Å². The molecule has 0 amide bonds. The molecule has 0 atom stereocenters. The number of carboxylic acids is 1. The zero-order valence-corrected chi connectivity index (χ0v) is 13.2. The van der Waals surface area contributed by atoms with Crippen molar-refractivity contribution in [2.75, 3.05) is 38.6 Å². The van der Waals surface area contributed by atoms with Crippen molar-refractivity contribution in [1.82, 2.24) is 9.88 Å². The zero-order chi connectivity index (χ0) is 14.7. The summed E-state index contributed by atoms with van der Waals surface area (Å²) < 4.78 is 0. The molecule has 1 fully saturated rings. The Kier molecular flexibility index (Phi) is 4.99. The molecule has 1 saturated carbocycles. The number of thiazole rings is 1. The quantitative estimate of drug-likeness (QED) is 0.799. The van der Waals surface area contributed by atoms with E-state index in [4.69, 9.17) is 0 Å². The minimum absolute atomic E-state index is 0.381. The van der Waals surface area contributed by atoms with E-state index >= 15 is 0 Å². The smallest absolute Gasteiger partial charge is 0.347 e. The van der Waals surface area contributed by atoms with Crippen LogP contribution >= 0.6 is 11.3 Å². The number of aromatic carboxylic acids is 1. The van der Waals surface area contributed by atoms with E-state index in [1.165, 1.54) is 11.3 Å². The van der Waals surface area contributed by atoms with Crippen molar-refractivity contribution in [1.29, 1.82) is 0 Å². The number of hydrogen-bond donors (Lipinski definition) is 1. The number of nitrogens with zero attached hydrogens (tertiary/aromatic N) is 3. The molecule has 20 heavy (non-hydrogen) atoms. The van der Waals surface area contributed by atoms with Crippen molar-refractivity contribution in [2.24, 2.45) is 0 Å². The summed E-state index contributed by atoms with van der Waals surface area (Å²) in [4.78, 5) is 20.7. The average molecular weight is 297 g/mol. The molecule has 112 valence electrons. The molecular weight excluding hydrogens is 274 g/mol. The Morgan fingerprint density at radius 2 is 2.10 bits per heavy atom. The highest BCUT2D eigenvalue weighted by molar-refractivity contribution is 7.17. The van der Waals surface area contributed by atoms with E-state index in [0.717, 1.165) is 49.7 Å². The second-order valence-corrected chi connectivity index (χ2v) is 6.50. The molecule has 0 aromatic carbocycles. The molecule has 0 bridgehead atoms. The molecule has 1 heterocycles. The first kappa shape index (κ1) is 15.3. The lowest BCUT2D eigenvalue weighted by Gasteiger charge is -2.20. The minimum atomic E-state index is -0.833.